The van der Waals surface area contributed by atoms with Crippen LogP contribution in [0.5, 0.6) is 0 Å². The van der Waals surface area contributed by atoms with E-state index in [1.807, 2.05) is 6.92 Å². The molecule has 0 unspecified atom stereocenters. The topological polar surface area (TPSA) is 57.6 Å². The molecule has 0 spiro atoms. The van der Waals surface area contributed by atoms with Gasteiger partial charge in [-0.1, -0.05) is 19.8 Å². The fraction of sp³-hybridized carbons (Fsp3) is 0.538. The second-order valence-electron chi connectivity index (χ2n) is 4.41. The highest BCUT2D eigenvalue weighted by molar-refractivity contribution is 7.89. The molecule has 20 heavy (non-hydrogen) atoms. The van der Waals surface area contributed by atoms with Crippen molar-refractivity contribution in [1.29, 1.82) is 0 Å². The van der Waals surface area contributed by atoms with Gasteiger partial charge >= 0.3 is 0 Å². The van der Waals surface area contributed by atoms with Crippen LogP contribution in [0.4, 0.5) is 8.78 Å². The smallest absolute Gasteiger partial charge is 0.246 e. The van der Waals surface area contributed by atoms with Gasteiger partial charge in [0.25, 0.3) is 0 Å². The van der Waals surface area contributed by atoms with Gasteiger partial charge in [-0.3, -0.25) is 0 Å². The molecular weight excluding hydrogens is 288 g/mol. The van der Waals surface area contributed by atoms with Crippen LogP contribution in [0.3, 0.4) is 0 Å². The van der Waals surface area contributed by atoms with Crippen LogP contribution in [-0.2, 0) is 10.0 Å². The first-order valence-corrected chi connectivity index (χ1v) is 7.93. The highest BCUT2D eigenvalue weighted by atomic mass is 32.2. The van der Waals surface area contributed by atoms with Gasteiger partial charge < -0.3 is 5.11 Å². The van der Waals surface area contributed by atoms with Crippen LogP contribution in [0.2, 0.25) is 0 Å². The van der Waals surface area contributed by atoms with Crippen LogP contribution < -0.4 is 0 Å². The SMILES string of the molecule is CCCCCN(CCO)S(=O)(=O)c1ccc(F)cc1F. The van der Waals surface area contributed by atoms with Gasteiger partial charge in [0, 0.05) is 19.2 Å². The van der Waals surface area contributed by atoms with Gasteiger partial charge in [-0.2, -0.15) is 4.31 Å². The molecule has 114 valence electrons. The molecule has 1 rings (SSSR count). The molecule has 0 saturated heterocycles. The Kier molecular flexibility index (Phi) is 6.51. The summed E-state index contributed by atoms with van der Waals surface area (Å²) < 4.78 is 52.1. The fourth-order valence-corrected chi connectivity index (χ4v) is 3.34. The molecule has 0 heterocycles. The van der Waals surface area contributed by atoms with E-state index < -0.39 is 26.6 Å². The lowest BCUT2D eigenvalue weighted by Crippen LogP contribution is -2.35. The summed E-state index contributed by atoms with van der Waals surface area (Å²) in [7, 11) is -4.06. The van der Waals surface area contributed by atoms with Crippen molar-refractivity contribution in [2.24, 2.45) is 0 Å². The van der Waals surface area contributed by atoms with Gasteiger partial charge in [0.1, 0.15) is 16.5 Å². The third-order valence-electron chi connectivity index (χ3n) is 2.87. The largest absolute Gasteiger partial charge is 0.395 e. The summed E-state index contributed by atoms with van der Waals surface area (Å²) in [6, 6.07) is 2.35. The Morgan fingerprint density at radius 1 is 1.20 bits per heavy atom. The van der Waals surface area contributed by atoms with Gasteiger partial charge in [-0.15, -0.1) is 0 Å². The quantitative estimate of drug-likeness (QED) is 0.749. The number of hydrogen-bond acceptors (Lipinski definition) is 3. The average molecular weight is 307 g/mol. The standard InChI is InChI=1S/C13H19F2NO3S/c1-2-3-4-7-16(8-9-17)20(18,19)13-6-5-11(14)10-12(13)15/h5-6,10,17H,2-4,7-9H2,1H3. The molecule has 0 bridgehead atoms. The van der Waals surface area contributed by atoms with E-state index in [4.69, 9.17) is 5.11 Å². The number of benzene rings is 1. The molecule has 0 atom stereocenters. The maximum atomic E-state index is 13.6. The summed E-state index contributed by atoms with van der Waals surface area (Å²) in [5.74, 6) is -1.95. The lowest BCUT2D eigenvalue weighted by molar-refractivity contribution is 0.251. The first-order valence-electron chi connectivity index (χ1n) is 6.49. The van der Waals surface area contributed by atoms with Crippen molar-refractivity contribution in [2.45, 2.75) is 31.1 Å². The normalized spacial score (nSPS) is 12.1. The molecule has 0 saturated carbocycles. The summed E-state index contributed by atoms with van der Waals surface area (Å²) in [6.45, 7) is 1.72. The van der Waals surface area contributed by atoms with E-state index in [-0.39, 0.29) is 19.7 Å². The maximum Gasteiger partial charge on any atom is 0.246 e. The van der Waals surface area contributed by atoms with E-state index in [2.05, 4.69) is 0 Å². The van der Waals surface area contributed by atoms with Crippen molar-refractivity contribution in [1.82, 2.24) is 4.31 Å². The van der Waals surface area contributed by atoms with Crippen molar-refractivity contribution in [3.63, 3.8) is 0 Å². The van der Waals surface area contributed by atoms with Crippen LogP contribution >= 0.6 is 0 Å². The van der Waals surface area contributed by atoms with Crippen LogP contribution in [0, 0.1) is 11.6 Å². The first kappa shape index (κ1) is 17.0. The van der Waals surface area contributed by atoms with Crippen molar-refractivity contribution in [3.8, 4) is 0 Å². The number of halogens is 2. The molecule has 1 aromatic rings. The minimum absolute atomic E-state index is 0.108. The van der Waals surface area contributed by atoms with E-state index in [1.165, 1.54) is 0 Å². The minimum atomic E-state index is -4.06. The summed E-state index contributed by atoms with van der Waals surface area (Å²) in [4.78, 5) is -0.566. The van der Waals surface area contributed by atoms with Crippen molar-refractivity contribution in [2.75, 3.05) is 19.7 Å². The van der Waals surface area contributed by atoms with Crippen molar-refractivity contribution in [3.05, 3.63) is 29.8 Å². The zero-order valence-corrected chi connectivity index (χ0v) is 12.2. The Labute approximate surface area is 118 Å². The molecule has 0 aliphatic rings. The Hall–Kier alpha value is -1.05. The van der Waals surface area contributed by atoms with Gasteiger partial charge in [0.05, 0.1) is 6.61 Å². The van der Waals surface area contributed by atoms with Crippen molar-refractivity contribution < 1.29 is 22.3 Å². The van der Waals surface area contributed by atoms with Crippen LogP contribution in [0.15, 0.2) is 23.1 Å². The summed E-state index contributed by atoms with van der Waals surface area (Å²) in [5.41, 5.74) is 0. The number of unbranched alkanes of at least 4 members (excludes halogenated alkanes) is 2. The molecular formula is C13H19F2NO3S. The van der Waals surface area contributed by atoms with Crippen molar-refractivity contribution >= 4 is 10.0 Å². The molecule has 0 aromatic heterocycles. The first-order chi connectivity index (χ1) is 9.43. The molecule has 0 aliphatic heterocycles. The summed E-state index contributed by atoms with van der Waals surface area (Å²) >= 11 is 0. The Bertz CT molecular complexity index is 534. The average Bonchev–Trinajstić information content (AvgIpc) is 2.37. The monoisotopic (exact) mass is 307 g/mol. The van der Waals surface area contributed by atoms with Crippen LogP contribution in [-0.4, -0.2) is 37.5 Å². The highest BCUT2D eigenvalue weighted by Crippen LogP contribution is 2.20. The predicted molar refractivity (Wildman–Crippen MR) is 71.7 cm³/mol. The molecule has 0 aliphatic carbocycles. The molecule has 1 aromatic carbocycles. The maximum absolute atomic E-state index is 13.6. The Balaban J connectivity index is 3.02. The Morgan fingerprint density at radius 2 is 1.90 bits per heavy atom. The third-order valence-corrected chi connectivity index (χ3v) is 4.80. The van der Waals surface area contributed by atoms with Gasteiger partial charge in [0.2, 0.25) is 10.0 Å². The number of nitrogens with zero attached hydrogens (tertiary/aromatic N) is 1. The van der Waals surface area contributed by atoms with Crippen LogP contribution in [0.1, 0.15) is 26.2 Å². The van der Waals surface area contributed by atoms with E-state index in [1.54, 1.807) is 0 Å². The fourth-order valence-electron chi connectivity index (χ4n) is 1.83. The predicted octanol–water partition coefficient (Wildman–Crippen LogP) is 2.14. The molecule has 1 N–H and O–H groups in total. The lowest BCUT2D eigenvalue weighted by Gasteiger charge is -2.21. The zero-order chi connectivity index (χ0) is 15.2. The minimum Gasteiger partial charge on any atom is -0.395 e. The van der Waals surface area contributed by atoms with E-state index in [9.17, 15) is 17.2 Å². The lowest BCUT2D eigenvalue weighted by atomic mass is 10.2. The zero-order valence-electron chi connectivity index (χ0n) is 11.3. The summed E-state index contributed by atoms with van der Waals surface area (Å²) in [5, 5.41) is 8.96. The van der Waals surface area contributed by atoms with E-state index >= 15 is 0 Å². The number of aliphatic hydroxyl groups excluding tert-OH is 1. The molecule has 7 heteroatoms. The molecule has 0 fully saturated rings. The molecule has 4 nitrogen and oxygen atoms in total. The van der Waals surface area contributed by atoms with Gasteiger partial charge in [-0.05, 0) is 18.6 Å². The Morgan fingerprint density at radius 3 is 2.45 bits per heavy atom. The van der Waals surface area contributed by atoms with E-state index in [0.29, 0.717) is 12.5 Å². The summed E-state index contributed by atoms with van der Waals surface area (Å²) in [6.07, 6.45) is 2.37. The number of aliphatic hydroxyl groups is 1. The number of hydrogen-bond donors (Lipinski definition) is 1. The van der Waals surface area contributed by atoms with E-state index in [0.717, 1.165) is 29.3 Å². The highest BCUT2D eigenvalue weighted by Gasteiger charge is 2.26. The second-order valence-corrected chi connectivity index (χ2v) is 6.32. The molecule has 0 amide bonds. The second kappa shape index (κ2) is 7.66. The number of sulfonamides is 1. The number of rotatable bonds is 8. The van der Waals surface area contributed by atoms with Gasteiger partial charge in [-0.25, -0.2) is 17.2 Å². The third kappa shape index (κ3) is 4.22. The van der Waals surface area contributed by atoms with Crippen LogP contribution in [0.25, 0.3) is 0 Å². The molecule has 0 radical (unpaired) electrons. The van der Waals surface area contributed by atoms with Gasteiger partial charge in [0.15, 0.2) is 0 Å².